The first kappa shape index (κ1) is 18.1. The Morgan fingerprint density at radius 1 is 1.21 bits per heavy atom. The molecular weight excluding hydrogens is 244 g/mol. The molecule has 0 heterocycles. The number of nitrogens with two attached hydrogens (primary N) is 2. The molecule has 0 aromatic heterocycles. The van der Waals surface area contributed by atoms with Crippen LogP contribution in [0.4, 0.5) is 0 Å². The Balaban J connectivity index is 4.13. The van der Waals surface area contributed by atoms with Gasteiger partial charge in [0.05, 0.1) is 12.0 Å². The molecule has 0 aliphatic heterocycles. The van der Waals surface area contributed by atoms with E-state index in [2.05, 4.69) is 0 Å². The van der Waals surface area contributed by atoms with E-state index in [0.717, 1.165) is 12.8 Å². The number of rotatable bonds is 8. The lowest BCUT2D eigenvalue weighted by Gasteiger charge is -2.22. The lowest BCUT2D eigenvalue weighted by molar-refractivity contribution is -0.153. The molecule has 4 N–H and O–H groups in total. The van der Waals surface area contributed by atoms with E-state index in [1.54, 1.807) is 27.7 Å². The number of unbranched alkanes of at least 4 members (excludes halogenated alkanes) is 1. The smallest absolute Gasteiger partial charge is 0.313 e. The SMILES string of the molecule is C[C](CC(=O)[C@@H](N)CCCCN)C(=O)OC(C)(C)C. The summed E-state index contributed by atoms with van der Waals surface area (Å²) in [6.45, 7) is 7.58. The van der Waals surface area contributed by atoms with Crippen LogP contribution >= 0.6 is 0 Å². The molecule has 5 heteroatoms. The monoisotopic (exact) mass is 271 g/mol. The molecule has 19 heavy (non-hydrogen) atoms. The van der Waals surface area contributed by atoms with Crippen LogP contribution in [0.3, 0.4) is 0 Å². The standard InChI is InChI=1S/C14H27N2O3/c1-10(13(18)19-14(2,3)4)9-12(17)11(16)7-5-6-8-15/h11H,5-9,15-16H2,1-4H3/t11-/m0/s1. The van der Waals surface area contributed by atoms with Crippen molar-refractivity contribution in [3.63, 3.8) is 0 Å². The van der Waals surface area contributed by atoms with Gasteiger partial charge in [-0.05, 0) is 47.1 Å². The predicted octanol–water partition coefficient (Wildman–Crippen LogP) is 1.34. The van der Waals surface area contributed by atoms with E-state index in [0.29, 0.717) is 18.9 Å². The van der Waals surface area contributed by atoms with Gasteiger partial charge >= 0.3 is 5.97 Å². The normalized spacial score (nSPS) is 13.4. The Morgan fingerprint density at radius 2 is 1.79 bits per heavy atom. The summed E-state index contributed by atoms with van der Waals surface area (Å²) in [7, 11) is 0. The van der Waals surface area contributed by atoms with Crippen molar-refractivity contribution in [2.45, 2.75) is 65.0 Å². The maximum Gasteiger partial charge on any atom is 0.313 e. The van der Waals surface area contributed by atoms with Gasteiger partial charge in [0, 0.05) is 6.42 Å². The molecular formula is C14H27N2O3. The molecule has 0 saturated heterocycles. The van der Waals surface area contributed by atoms with Crippen LogP contribution in [-0.4, -0.2) is 29.9 Å². The Hall–Kier alpha value is -0.940. The number of carbonyl (C=O) groups is 2. The summed E-state index contributed by atoms with van der Waals surface area (Å²) in [6, 6.07) is -0.524. The molecule has 0 rings (SSSR count). The quantitative estimate of drug-likeness (QED) is 0.513. The van der Waals surface area contributed by atoms with Crippen LogP contribution < -0.4 is 11.5 Å². The van der Waals surface area contributed by atoms with Gasteiger partial charge in [-0.15, -0.1) is 0 Å². The van der Waals surface area contributed by atoms with Crippen molar-refractivity contribution in [2.75, 3.05) is 6.54 Å². The number of hydrogen-bond donors (Lipinski definition) is 2. The lowest BCUT2D eigenvalue weighted by atomic mass is 9.97. The van der Waals surface area contributed by atoms with Crippen molar-refractivity contribution in [3.05, 3.63) is 5.92 Å². The molecule has 5 nitrogen and oxygen atoms in total. The first-order valence-corrected chi connectivity index (χ1v) is 6.71. The topological polar surface area (TPSA) is 95.4 Å². The van der Waals surface area contributed by atoms with Gasteiger partial charge in [-0.25, -0.2) is 0 Å². The first-order chi connectivity index (χ1) is 8.67. The molecule has 0 aliphatic rings. The van der Waals surface area contributed by atoms with E-state index in [9.17, 15) is 9.59 Å². The molecule has 0 spiro atoms. The average Bonchev–Trinajstić information content (AvgIpc) is 2.26. The minimum Gasteiger partial charge on any atom is -0.460 e. The van der Waals surface area contributed by atoms with Crippen LogP contribution in [0, 0.1) is 5.92 Å². The second-order valence-electron chi connectivity index (χ2n) is 5.82. The lowest BCUT2D eigenvalue weighted by Crippen LogP contribution is -2.34. The molecule has 0 fully saturated rings. The number of ether oxygens (including phenoxy) is 1. The van der Waals surface area contributed by atoms with Gasteiger partial charge in [0.25, 0.3) is 0 Å². The number of carbonyl (C=O) groups excluding carboxylic acids is 2. The predicted molar refractivity (Wildman–Crippen MR) is 75.3 cm³/mol. The second kappa shape index (κ2) is 8.27. The Kier molecular flexibility index (Phi) is 7.87. The van der Waals surface area contributed by atoms with E-state index in [4.69, 9.17) is 16.2 Å². The zero-order valence-electron chi connectivity index (χ0n) is 12.5. The summed E-state index contributed by atoms with van der Waals surface area (Å²) < 4.78 is 5.19. The third kappa shape index (κ3) is 8.72. The Bertz CT molecular complexity index is 298. The summed E-state index contributed by atoms with van der Waals surface area (Å²) in [5.41, 5.74) is 10.6. The highest BCUT2D eigenvalue weighted by molar-refractivity contribution is 5.94. The highest BCUT2D eigenvalue weighted by atomic mass is 16.6. The highest BCUT2D eigenvalue weighted by Crippen LogP contribution is 2.16. The van der Waals surface area contributed by atoms with Crippen LogP contribution in [0.2, 0.25) is 0 Å². The van der Waals surface area contributed by atoms with Crippen LogP contribution in [0.5, 0.6) is 0 Å². The molecule has 0 aliphatic carbocycles. The maximum atomic E-state index is 11.8. The van der Waals surface area contributed by atoms with Crippen molar-refractivity contribution in [1.29, 1.82) is 0 Å². The Labute approximate surface area is 116 Å². The van der Waals surface area contributed by atoms with Crippen molar-refractivity contribution >= 4 is 11.8 Å². The van der Waals surface area contributed by atoms with E-state index in [1.165, 1.54) is 0 Å². The minimum absolute atomic E-state index is 0.0543. The van der Waals surface area contributed by atoms with Crippen LogP contribution in [0.1, 0.15) is 53.4 Å². The third-order valence-electron chi connectivity index (χ3n) is 2.57. The van der Waals surface area contributed by atoms with Gasteiger partial charge in [0.2, 0.25) is 0 Å². The number of ketones is 1. The number of Topliss-reactive ketones (excluding diaryl/α,β-unsaturated/α-hetero) is 1. The molecule has 0 unspecified atom stereocenters. The largest absolute Gasteiger partial charge is 0.460 e. The third-order valence-corrected chi connectivity index (χ3v) is 2.57. The minimum atomic E-state index is -0.551. The molecule has 1 radical (unpaired) electrons. The molecule has 111 valence electrons. The molecule has 0 saturated carbocycles. The van der Waals surface area contributed by atoms with Gasteiger partial charge in [0.1, 0.15) is 5.60 Å². The fraction of sp³-hybridized carbons (Fsp3) is 0.786. The summed E-state index contributed by atoms with van der Waals surface area (Å²) >= 11 is 0. The van der Waals surface area contributed by atoms with Crippen LogP contribution in [0.25, 0.3) is 0 Å². The maximum absolute atomic E-state index is 11.8. The average molecular weight is 271 g/mol. The van der Waals surface area contributed by atoms with Gasteiger partial charge < -0.3 is 16.2 Å². The van der Waals surface area contributed by atoms with Gasteiger partial charge in [-0.1, -0.05) is 6.42 Å². The summed E-state index contributed by atoms with van der Waals surface area (Å²) in [6.07, 6.45) is 2.35. The van der Waals surface area contributed by atoms with E-state index < -0.39 is 17.6 Å². The fourth-order valence-electron chi connectivity index (χ4n) is 1.50. The molecule has 0 amide bonds. The molecule has 0 aromatic rings. The van der Waals surface area contributed by atoms with Crippen LogP contribution in [-0.2, 0) is 14.3 Å². The van der Waals surface area contributed by atoms with Gasteiger partial charge in [-0.3, -0.25) is 9.59 Å². The summed E-state index contributed by atoms with van der Waals surface area (Å²) in [5.74, 6) is -0.162. The van der Waals surface area contributed by atoms with Gasteiger partial charge in [0.15, 0.2) is 5.78 Å². The highest BCUT2D eigenvalue weighted by Gasteiger charge is 2.26. The Morgan fingerprint density at radius 3 is 2.26 bits per heavy atom. The summed E-state index contributed by atoms with van der Waals surface area (Å²) in [5, 5.41) is 0. The zero-order chi connectivity index (χ0) is 15.1. The number of hydrogen-bond acceptors (Lipinski definition) is 5. The molecule has 0 bridgehead atoms. The van der Waals surface area contributed by atoms with Crippen molar-refractivity contribution in [2.24, 2.45) is 11.5 Å². The van der Waals surface area contributed by atoms with Crippen molar-refractivity contribution < 1.29 is 14.3 Å². The van der Waals surface area contributed by atoms with E-state index >= 15 is 0 Å². The van der Waals surface area contributed by atoms with Crippen LogP contribution in [0.15, 0.2) is 0 Å². The van der Waals surface area contributed by atoms with E-state index in [-0.39, 0.29) is 12.2 Å². The molecule has 1 atom stereocenters. The van der Waals surface area contributed by atoms with Gasteiger partial charge in [-0.2, -0.15) is 0 Å². The molecule has 0 aromatic carbocycles. The summed E-state index contributed by atoms with van der Waals surface area (Å²) in [4.78, 5) is 23.5. The fourth-order valence-corrected chi connectivity index (χ4v) is 1.50. The van der Waals surface area contributed by atoms with Crippen molar-refractivity contribution in [1.82, 2.24) is 0 Å². The first-order valence-electron chi connectivity index (χ1n) is 6.71. The zero-order valence-corrected chi connectivity index (χ0v) is 12.5. The number of esters is 1. The van der Waals surface area contributed by atoms with Crippen molar-refractivity contribution in [3.8, 4) is 0 Å². The van der Waals surface area contributed by atoms with E-state index in [1.807, 2.05) is 0 Å². The second-order valence-corrected chi connectivity index (χ2v) is 5.82.